The van der Waals surface area contributed by atoms with Gasteiger partial charge in [-0.25, -0.2) is 4.98 Å². The summed E-state index contributed by atoms with van der Waals surface area (Å²) >= 11 is 0. The molecule has 3 N–H and O–H groups in total. The molecule has 2 aliphatic rings. The number of hydrogen-bond acceptors (Lipinski definition) is 8. The average Bonchev–Trinajstić information content (AvgIpc) is 3.88. The summed E-state index contributed by atoms with van der Waals surface area (Å²) in [7, 11) is 3.24. The number of methoxy groups -OCH3 is 1. The number of hydrogen-bond donors (Lipinski definition) is 3. The van der Waals surface area contributed by atoms with Gasteiger partial charge in [0.15, 0.2) is 11.4 Å². The molecule has 47 heavy (non-hydrogen) atoms. The van der Waals surface area contributed by atoms with Gasteiger partial charge in [-0.05, 0) is 48.2 Å². The van der Waals surface area contributed by atoms with E-state index in [0.717, 1.165) is 27.6 Å². The fourth-order valence-electron chi connectivity index (χ4n) is 6.06. The van der Waals surface area contributed by atoms with Gasteiger partial charge in [0.05, 0.1) is 14.8 Å². The van der Waals surface area contributed by atoms with Gasteiger partial charge < -0.3 is 19.9 Å². The number of aromatic amines is 2. The third-order valence-electron chi connectivity index (χ3n) is 8.78. The van der Waals surface area contributed by atoms with Crippen molar-refractivity contribution in [1.29, 1.82) is 0 Å². The molecule has 1 fully saturated rings. The minimum absolute atomic E-state index is 0.100. The largest absolute Gasteiger partial charge is 0.367 e. The van der Waals surface area contributed by atoms with Crippen LogP contribution in [0.1, 0.15) is 21.1 Å². The fraction of sp³-hybridized carbons (Fsp3) is 0.294. The lowest BCUT2D eigenvalue weighted by atomic mass is 9.98. The Hall–Kier alpha value is -5.40. The molecular formula is C34H35N9O4. The van der Waals surface area contributed by atoms with Gasteiger partial charge in [-0.3, -0.25) is 29.1 Å². The van der Waals surface area contributed by atoms with Crippen LogP contribution in [0, 0.1) is 0 Å². The minimum atomic E-state index is -2.34. The second kappa shape index (κ2) is 12.4. The Morgan fingerprint density at radius 2 is 1.89 bits per heavy atom. The molecule has 1 unspecified atom stereocenters. The first kappa shape index (κ1) is 27.9. The number of carbonyl (C=O) groups is 2. The third-order valence-corrected chi connectivity index (χ3v) is 8.78. The summed E-state index contributed by atoms with van der Waals surface area (Å²) in [5.41, 5.74) is 3.99. The van der Waals surface area contributed by atoms with Crippen molar-refractivity contribution in [2.75, 3.05) is 45.1 Å². The molecular weight excluding hydrogens is 598 g/mol. The zero-order chi connectivity index (χ0) is 34.3. The van der Waals surface area contributed by atoms with Crippen molar-refractivity contribution in [2.45, 2.75) is 18.4 Å². The van der Waals surface area contributed by atoms with Gasteiger partial charge in [0.25, 0.3) is 5.91 Å². The van der Waals surface area contributed by atoms with Crippen LogP contribution in [0.4, 0.5) is 5.69 Å². The number of fused-ring (bicyclic) bond motifs is 1. The van der Waals surface area contributed by atoms with Gasteiger partial charge >= 0.3 is 0 Å². The number of amides is 2. The van der Waals surface area contributed by atoms with Crippen molar-refractivity contribution >= 4 is 34.0 Å². The number of anilines is 1. The number of aromatic nitrogens is 6. The van der Waals surface area contributed by atoms with Gasteiger partial charge in [0, 0.05) is 74.8 Å². The summed E-state index contributed by atoms with van der Waals surface area (Å²) in [6.07, 6.45) is 5.97. The average molecular weight is 636 g/mol. The number of rotatable bonds is 8. The highest BCUT2D eigenvalue weighted by atomic mass is 16.5. The topological polar surface area (TPSA) is 154 Å². The van der Waals surface area contributed by atoms with Gasteiger partial charge in [-0.15, -0.1) is 0 Å². The van der Waals surface area contributed by atoms with E-state index in [-0.39, 0.29) is 31.6 Å². The van der Waals surface area contributed by atoms with Gasteiger partial charge in [-0.1, -0.05) is 30.3 Å². The molecule has 5 aromatic rings. The standard InChI is InChI=1S/C34H35N9O4/c1-41-21-36-32(40-41)24-5-3-22(4-6-24)23-11-14-43(15-12-23)30(45)19-42-16-13-34(20-42,47-2)33(46)37-26-8-9-28-27(17-26)31(39-38-28)25-7-10-29(44)35-18-25/h3-11,17-18,21H,12-16,19-20H2,1-2H3,(H,35,44)(H,37,46)(H,38,39)/i19D2. The number of carbonyl (C=O) groups excluding carboxylic acids is 2. The van der Waals surface area contributed by atoms with E-state index in [0.29, 0.717) is 35.7 Å². The molecule has 2 aliphatic heterocycles. The summed E-state index contributed by atoms with van der Waals surface area (Å²) in [4.78, 5) is 48.6. The lowest BCUT2D eigenvalue weighted by Gasteiger charge is -2.30. The summed E-state index contributed by atoms with van der Waals surface area (Å²) < 4.78 is 25.1. The van der Waals surface area contributed by atoms with Crippen LogP contribution in [-0.2, 0) is 21.4 Å². The number of ether oxygens (including phenoxy) is 1. The highest BCUT2D eigenvalue weighted by Crippen LogP contribution is 2.31. The first-order valence-corrected chi connectivity index (χ1v) is 15.3. The van der Waals surface area contributed by atoms with Crippen molar-refractivity contribution < 1.29 is 17.1 Å². The SMILES string of the molecule is [2H]C([2H])(C(=O)N1CC=C(c2ccc(-c3ncn(C)n3)cc2)CC1)N1CCC(OC)(C(=O)Nc2ccc3[nH]nc(-c4ccc(=O)[nH]c4)c3c2)C1. The van der Waals surface area contributed by atoms with Crippen molar-refractivity contribution in [3.05, 3.63) is 89.1 Å². The highest BCUT2D eigenvalue weighted by Gasteiger charge is 2.45. The van der Waals surface area contributed by atoms with E-state index in [4.69, 9.17) is 7.48 Å². The molecule has 0 spiro atoms. The second-order valence-electron chi connectivity index (χ2n) is 11.8. The summed E-state index contributed by atoms with van der Waals surface area (Å²) in [6.45, 7) is -1.64. The molecule has 1 atom stereocenters. The summed E-state index contributed by atoms with van der Waals surface area (Å²) in [6, 6.07) is 16.3. The predicted octanol–water partition coefficient (Wildman–Crippen LogP) is 3.06. The Morgan fingerprint density at radius 1 is 1.09 bits per heavy atom. The number of benzene rings is 2. The van der Waals surface area contributed by atoms with E-state index in [1.807, 2.05) is 37.4 Å². The molecule has 13 nitrogen and oxygen atoms in total. The Kier molecular flexibility index (Phi) is 7.37. The van der Waals surface area contributed by atoms with E-state index < -0.39 is 23.9 Å². The van der Waals surface area contributed by atoms with Crippen LogP contribution in [0.2, 0.25) is 0 Å². The maximum atomic E-state index is 13.7. The Balaban J connectivity index is 1.01. The Labute approximate surface area is 273 Å². The monoisotopic (exact) mass is 635 g/mol. The van der Waals surface area contributed by atoms with E-state index in [1.165, 1.54) is 23.0 Å². The maximum Gasteiger partial charge on any atom is 0.258 e. The lowest BCUT2D eigenvalue weighted by molar-refractivity contribution is -0.138. The molecule has 13 heteroatoms. The maximum absolute atomic E-state index is 13.7. The Bertz CT molecular complexity index is 2120. The third kappa shape index (κ3) is 6.10. The second-order valence-corrected chi connectivity index (χ2v) is 11.8. The van der Waals surface area contributed by atoms with Crippen LogP contribution in [0.15, 0.2) is 78.0 Å². The molecule has 5 heterocycles. The van der Waals surface area contributed by atoms with E-state index in [9.17, 15) is 14.4 Å². The molecule has 1 saturated heterocycles. The molecule has 240 valence electrons. The molecule has 7 rings (SSSR count). The summed E-state index contributed by atoms with van der Waals surface area (Å²) in [5, 5.41) is 15.3. The van der Waals surface area contributed by atoms with Crippen LogP contribution in [0.5, 0.6) is 0 Å². The number of aryl methyl sites for hydroxylation is 1. The highest BCUT2D eigenvalue weighted by molar-refractivity contribution is 6.01. The normalized spacial score (nSPS) is 19.4. The van der Waals surface area contributed by atoms with E-state index >= 15 is 0 Å². The smallest absolute Gasteiger partial charge is 0.258 e. The number of likely N-dealkylation sites (tertiary alicyclic amines) is 1. The first-order valence-electron chi connectivity index (χ1n) is 16.3. The van der Waals surface area contributed by atoms with Crippen LogP contribution < -0.4 is 10.9 Å². The number of nitrogens with zero attached hydrogens (tertiary/aromatic N) is 6. The van der Waals surface area contributed by atoms with E-state index in [1.54, 1.807) is 41.5 Å². The van der Waals surface area contributed by atoms with Crippen LogP contribution in [-0.4, -0.2) is 96.9 Å². The summed E-state index contributed by atoms with van der Waals surface area (Å²) in [5.74, 6) is -0.437. The predicted molar refractivity (Wildman–Crippen MR) is 177 cm³/mol. The molecule has 3 aromatic heterocycles. The lowest BCUT2D eigenvalue weighted by Crippen LogP contribution is -2.48. The number of pyridine rings is 1. The van der Waals surface area contributed by atoms with Crippen LogP contribution >= 0.6 is 0 Å². The van der Waals surface area contributed by atoms with E-state index in [2.05, 4.69) is 30.6 Å². The molecule has 0 saturated carbocycles. The quantitative estimate of drug-likeness (QED) is 0.235. The van der Waals surface area contributed by atoms with Gasteiger partial charge in [0.1, 0.15) is 12.0 Å². The van der Waals surface area contributed by atoms with Crippen molar-refractivity contribution in [3.8, 4) is 22.6 Å². The number of H-pyrrole nitrogens is 2. The zero-order valence-electron chi connectivity index (χ0n) is 28.0. The minimum Gasteiger partial charge on any atom is -0.367 e. The fourth-order valence-corrected chi connectivity index (χ4v) is 6.06. The van der Waals surface area contributed by atoms with Crippen LogP contribution in [0.25, 0.3) is 39.1 Å². The molecule has 0 bridgehead atoms. The van der Waals surface area contributed by atoms with Gasteiger partial charge in [-0.2, -0.15) is 10.2 Å². The Morgan fingerprint density at radius 3 is 2.60 bits per heavy atom. The molecule has 0 radical (unpaired) electrons. The van der Waals surface area contributed by atoms with Crippen molar-refractivity contribution in [2.24, 2.45) is 7.05 Å². The van der Waals surface area contributed by atoms with Crippen molar-refractivity contribution in [3.63, 3.8) is 0 Å². The number of nitrogens with one attached hydrogen (secondary N) is 3. The van der Waals surface area contributed by atoms with Gasteiger partial charge in [0.2, 0.25) is 11.5 Å². The first-order chi connectivity index (χ1) is 23.6. The zero-order valence-corrected chi connectivity index (χ0v) is 26.0. The molecule has 0 aliphatic carbocycles. The van der Waals surface area contributed by atoms with Crippen LogP contribution in [0.3, 0.4) is 0 Å². The molecule has 2 aromatic carbocycles. The molecule has 2 amide bonds. The van der Waals surface area contributed by atoms with Crippen molar-refractivity contribution in [1.82, 2.24) is 39.7 Å².